The quantitative estimate of drug-likeness (QED) is 0.751. The Morgan fingerprint density at radius 2 is 1.89 bits per heavy atom. The molecule has 5 nitrogen and oxygen atoms in total. The Morgan fingerprint density at radius 1 is 1.22 bits per heavy atom. The summed E-state index contributed by atoms with van der Waals surface area (Å²) in [7, 11) is 0. The zero-order valence-corrected chi connectivity index (χ0v) is 16.5. The van der Waals surface area contributed by atoms with Crippen LogP contribution in [-0.2, 0) is 16.0 Å². The summed E-state index contributed by atoms with van der Waals surface area (Å²) in [5, 5.41) is 2.88. The lowest BCUT2D eigenvalue weighted by Gasteiger charge is -2.15. The summed E-state index contributed by atoms with van der Waals surface area (Å²) >= 11 is 0. The highest BCUT2D eigenvalue weighted by Crippen LogP contribution is 2.38. The van der Waals surface area contributed by atoms with Gasteiger partial charge in [0.25, 0.3) is 5.91 Å². The topological polar surface area (TPSA) is 60.3 Å². The molecule has 1 aliphatic carbocycles. The van der Waals surface area contributed by atoms with E-state index in [1.165, 1.54) is 5.56 Å². The summed E-state index contributed by atoms with van der Waals surface area (Å²) in [6.07, 6.45) is 3.30. The Balaban J connectivity index is 1.54. The molecule has 1 saturated carbocycles. The molecule has 0 radical (unpaired) electrons. The molecule has 2 aromatic rings. The Labute approximate surface area is 160 Å². The number of carbonyl (C=O) groups is 2. The number of rotatable bonds is 7. The van der Waals surface area contributed by atoms with Gasteiger partial charge >= 0.3 is 5.97 Å². The van der Waals surface area contributed by atoms with Crippen molar-refractivity contribution in [1.29, 1.82) is 0 Å². The molecule has 27 heavy (non-hydrogen) atoms. The van der Waals surface area contributed by atoms with E-state index >= 15 is 0 Å². The van der Waals surface area contributed by atoms with E-state index in [0.717, 1.165) is 36.2 Å². The van der Waals surface area contributed by atoms with Crippen LogP contribution < -0.4 is 5.32 Å². The molecule has 0 aliphatic heterocycles. The van der Waals surface area contributed by atoms with Crippen LogP contribution in [0.25, 0.3) is 0 Å². The monoisotopic (exact) mass is 368 g/mol. The summed E-state index contributed by atoms with van der Waals surface area (Å²) in [4.78, 5) is 24.6. The number of esters is 1. The lowest BCUT2D eigenvalue weighted by atomic mass is 10.1. The largest absolute Gasteiger partial charge is 0.452 e. The van der Waals surface area contributed by atoms with Gasteiger partial charge in [0.2, 0.25) is 0 Å². The second-order valence-corrected chi connectivity index (χ2v) is 7.35. The van der Waals surface area contributed by atoms with Gasteiger partial charge in [-0.2, -0.15) is 0 Å². The van der Waals surface area contributed by atoms with Crippen molar-refractivity contribution < 1.29 is 14.3 Å². The lowest BCUT2D eigenvalue weighted by Crippen LogP contribution is -2.31. The van der Waals surface area contributed by atoms with E-state index in [1.807, 2.05) is 39.0 Å². The lowest BCUT2D eigenvalue weighted by molar-refractivity contribution is -0.124. The Morgan fingerprint density at radius 3 is 2.48 bits per heavy atom. The van der Waals surface area contributed by atoms with Crippen molar-refractivity contribution >= 4 is 11.9 Å². The predicted octanol–water partition coefficient (Wildman–Crippen LogP) is 4.04. The van der Waals surface area contributed by atoms with Crippen molar-refractivity contribution in [3.8, 4) is 0 Å². The molecule has 1 atom stereocenters. The molecule has 0 bridgehead atoms. The number of carbonyl (C=O) groups excluding carboxylic acids is 2. The van der Waals surface area contributed by atoms with E-state index in [1.54, 1.807) is 0 Å². The normalized spacial score (nSPS) is 14.7. The molecular weight excluding hydrogens is 340 g/mol. The summed E-state index contributed by atoms with van der Waals surface area (Å²) in [6, 6.07) is 10.4. The first-order valence-electron chi connectivity index (χ1n) is 9.64. The maximum atomic E-state index is 12.4. The number of hydrogen-bond donors (Lipinski definition) is 1. The number of aryl methyl sites for hydroxylation is 2. The van der Waals surface area contributed by atoms with Gasteiger partial charge in [0, 0.05) is 17.4 Å². The first-order chi connectivity index (χ1) is 12.9. The molecular formula is C22H28N2O3. The Hall–Kier alpha value is -2.56. The predicted molar refractivity (Wildman–Crippen MR) is 105 cm³/mol. The van der Waals surface area contributed by atoms with E-state index in [2.05, 4.69) is 28.9 Å². The van der Waals surface area contributed by atoms with Crippen LogP contribution in [0.3, 0.4) is 0 Å². The summed E-state index contributed by atoms with van der Waals surface area (Å²) in [5.74, 6) is -0.739. The highest BCUT2D eigenvalue weighted by atomic mass is 16.5. The van der Waals surface area contributed by atoms with Gasteiger partial charge in [-0.05, 0) is 57.2 Å². The van der Waals surface area contributed by atoms with Gasteiger partial charge < -0.3 is 14.6 Å². The summed E-state index contributed by atoms with van der Waals surface area (Å²) in [5.41, 5.74) is 4.82. The molecule has 1 aliphatic rings. The molecule has 3 rings (SSSR count). The first kappa shape index (κ1) is 19.2. The van der Waals surface area contributed by atoms with Gasteiger partial charge in [-0.1, -0.05) is 31.2 Å². The van der Waals surface area contributed by atoms with E-state index in [-0.39, 0.29) is 18.6 Å². The fourth-order valence-electron chi connectivity index (χ4n) is 3.50. The van der Waals surface area contributed by atoms with Crippen molar-refractivity contribution in [3.05, 3.63) is 58.4 Å². The minimum Gasteiger partial charge on any atom is -0.452 e. The van der Waals surface area contributed by atoms with Crippen LogP contribution in [0, 0.1) is 13.8 Å². The number of ether oxygens (including phenoxy) is 1. The van der Waals surface area contributed by atoms with Crippen LogP contribution in [-0.4, -0.2) is 23.1 Å². The van der Waals surface area contributed by atoms with E-state index in [0.29, 0.717) is 11.6 Å². The molecule has 1 heterocycles. The van der Waals surface area contributed by atoms with Gasteiger partial charge in [0.05, 0.1) is 11.6 Å². The smallest absolute Gasteiger partial charge is 0.340 e. The zero-order chi connectivity index (χ0) is 19.6. The molecule has 1 N–H and O–H groups in total. The number of hydrogen-bond acceptors (Lipinski definition) is 3. The van der Waals surface area contributed by atoms with Crippen LogP contribution in [0.1, 0.15) is 71.6 Å². The number of aromatic nitrogens is 1. The molecule has 5 heteroatoms. The summed E-state index contributed by atoms with van der Waals surface area (Å²) < 4.78 is 7.44. The standard InChI is InChI=1S/C22H28N2O3/c1-5-17-6-8-18(9-7-17)15(3)23-21(25)13-27-22(26)20-12-14(2)24(16(20)4)19-10-11-19/h6-9,12,15,19H,5,10-11,13H2,1-4H3,(H,23,25). The van der Waals surface area contributed by atoms with E-state index < -0.39 is 5.97 Å². The van der Waals surface area contributed by atoms with Gasteiger partial charge in [-0.25, -0.2) is 4.79 Å². The third-order valence-corrected chi connectivity index (χ3v) is 5.22. The highest BCUT2D eigenvalue weighted by Gasteiger charge is 2.28. The third kappa shape index (κ3) is 4.41. The second kappa shape index (κ2) is 7.99. The average Bonchev–Trinajstić information content (AvgIpc) is 3.44. The van der Waals surface area contributed by atoms with E-state index in [4.69, 9.17) is 4.74 Å². The number of amides is 1. The van der Waals surface area contributed by atoms with Gasteiger partial charge in [-0.3, -0.25) is 4.79 Å². The minimum absolute atomic E-state index is 0.137. The van der Waals surface area contributed by atoms with Gasteiger partial charge in [-0.15, -0.1) is 0 Å². The fourth-order valence-corrected chi connectivity index (χ4v) is 3.50. The van der Waals surface area contributed by atoms with Crippen LogP contribution in [0.4, 0.5) is 0 Å². The number of nitrogens with one attached hydrogen (secondary N) is 1. The average molecular weight is 368 g/mol. The van der Waals surface area contributed by atoms with Gasteiger partial charge in [0.15, 0.2) is 6.61 Å². The number of benzene rings is 1. The molecule has 1 aromatic carbocycles. The zero-order valence-electron chi connectivity index (χ0n) is 16.5. The molecule has 144 valence electrons. The minimum atomic E-state index is -0.440. The van der Waals surface area contributed by atoms with Crippen molar-refractivity contribution in [2.45, 2.75) is 59.0 Å². The molecule has 1 amide bonds. The third-order valence-electron chi connectivity index (χ3n) is 5.22. The van der Waals surface area contributed by atoms with Crippen LogP contribution in [0.15, 0.2) is 30.3 Å². The van der Waals surface area contributed by atoms with E-state index in [9.17, 15) is 9.59 Å². The number of nitrogens with zero attached hydrogens (tertiary/aromatic N) is 1. The van der Waals surface area contributed by atoms with Crippen LogP contribution in [0.2, 0.25) is 0 Å². The fraction of sp³-hybridized carbons (Fsp3) is 0.455. The maximum Gasteiger partial charge on any atom is 0.340 e. The Kier molecular flexibility index (Phi) is 5.68. The first-order valence-corrected chi connectivity index (χ1v) is 9.64. The van der Waals surface area contributed by atoms with Crippen LogP contribution >= 0.6 is 0 Å². The van der Waals surface area contributed by atoms with Crippen LogP contribution in [0.5, 0.6) is 0 Å². The SMILES string of the molecule is CCc1ccc(C(C)NC(=O)COC(=O)c2cc(C)n(C3CC3)c2C)cc1. The second-order valence-electron chi connectivity index (χ2n) is 7.35. The molecule has 1 aromatic heterocycles. The molecule has 1 fully saturated rings. The van der Waals surface area contributed by atoms with Crippen molar-refractivity contribution in [3.63, 3.8) is 0 Å². The highest BCUT2D eigenvalue weighted by molar-refractivity contribution is 5.92. The maximum absolute atomic E-state index is 12.4. The molecule has 1 unspecified atom stereocenters. The summed E-state index contributed by atoms with van der Waals surface area (Å²) in [6.45, 7) is 7.69. The van der Waals surface area contributed by atoms with Gasteiger partial charge in [0.1, 0.15) is 0 Å². The molecule has 0 saturated heterocycles. The molecule has 0 spiro atoms. The van der Waals surface area contributed by atoms with Crippen molar-refractivity contribution in [2.24, 2.45) is 0 Å². The van der Waals surface area contributed by atoms with Crippen molar-refractivity contribution in [2.75, 3.05) is 6.61 Å². The van der Waals surface area contributed by atoms with Crippen molar-refractivity contribution in [1.82, 2.24) is 9.88 Å². The Bertz CT molecular complexity index is 832.